The van der Waals surface area contributed by atoms with Gasteiger partial charge in [-0.2, -0.15) is 0 Å². The van der Waals surface area contributed by atoms with E-state index in [1.807, 2.05) is 0 Å². The lowest BCUT2D eigenvalue weighted by atomic mass is 10.3. The number of amides is 1. The molecule has 1 atom stereocenters. The molecule has 0 aliphatic carbocycles. The molecule has 110 valence electrons. The highest BCUT2D eigenvalue weighted by Gasteiger charge is 2.17. The number of H-pyrrole nitrogens is 1. The van der Waals surface area contributed by atoms with E-state index in [-0.39, 0.29) is 17.2 Å². The highest BCUT2D eigenvalue weighted by atomic mass is 35.5. The van der Waals surface area contributed by atoms with E-state index in [1.54, 1.807) is 38.1 Å². The standard InChI is InChI=1S/C13H13ClN4O2S/c1-7-11(19)16-13(18-17-7)21-8(2)12(20)15-10-6-4-3-5-9(10)14/h3-6,8H,1-2H3,(H,15,20)(H,16,18,19)/t8-/m1/s1. The highest BCUT2D eigenvalue weighted by molar-refractivity contribution is 8.00. The Morgan fingerprint density at radius 1 is 1.38 bits per heavy atom. The van der Waals surface area contributed by atoms with Crippen molar-refractivity contribution in [1.82, 2.24) is 15.2 Å². The lowest BCUT2D eigenvalue weighted by Gasteiger charge is -2.11. The number of nitrogens with one attached hydrogen (secondary N) is 2. The van der Waals surface area contributed by atoms with Gasteiger partial charge in [0.25, 0.3) is 5.56 Å². The third-order valence-corrected chi connectivity index (χ3v) is 3.93. The normalized spacial score (nSPS) is 12.0. The van der Waals surface area contributed by atoms with Gasteiger partial charge in [-0.05, 0) is 26.0 Å². The molecule has 2 N–H and O–H groups in total. The van der Waals surface area contributed by atoms with E-state index in [9.17, 15) is 9.59 Å². The number of carbonyl (C=O) groups is 1. The van der Waals surface area contributed by atoms with Gasteiger partial charge in [0.1, 0.15) is 5.69 Å². The van der Waals surface area contributed by atoms with Crippen LogP contribution in [0.5, 0.6) is 0 Å². The van der Waals surface area contributed by atoms with E-state index in [2.05, 4.69) is 20.5 Å². The quantitative estimate of drug-likeness (QED) is 0.842. The molecule has 8 heteroatoms. The van der Waals surface area contributed by atoms with Gasteiger partial charge in [-0.25, -0.2) is 0 Å². The number of aromatic amines is 1. The molecule has 1 aromatic heterocycles. The number of aromatic nitrogens is 3. The Bertz CT molecular complexity index is 719. The fraction of sp³-hybridized carbons (Fsp3) is 0.231. The van der Waals surface area contributed by atoms with Crippen molar-refractivity contribution >= 4 is 35.0 Å². The fourth-order valence-corrected chi connectivity index (χ4v) is 2.37. The van der Waals surface area contributed by atoms with Gasteiger partial charge >= 0.3 is 0 Å². The Labute approximate surface area is 130 Å². The number of anilines is 1. The minimum atomic E-state index is -0.464. The van der Waals surface area contributed by atoms with Crippen LogP contribution in [-0.2, 0) is 4.79 Å². The summed E-state index contributed by atoms with van der Waals surface area (Å²) in [6.07, 6.45) is 0. The molecule has 0 radical (unpaired) electrons. The van der Waals surface area contributed by atoms with Crippen LogP contribution in [0.2, 0.25) is 5.02 Å². The van der Waals surface area contributed by atoms with Crippen LogP contribution in [0.1, 0.15) is 12.6 Å². The van der Waals surface area contributed by atoms with Crippen molar-refractivity contribution in [1.29, 1.82) is 0 Å². The molecule has 1 heterocycles. The first-order chi connectivity index (χ1) is 9.97. The number of para-hydroxylation sites is 1. The number of halogens is 1. The first kappa shape index (κ1) is 15.5. The van der Waals surface area contributed by atoms with Gasteiger partial charge in [-0.15, -0.1) is 10.2 Å². The van der Waals surface area contributed by atoms with Crippen LogP contribution in [0.3, 0.4) is 0 Å². The van der Waals surface area contributed by atoms with Gasteiger partial charge < -0.3 is 5.32 Å². The molecule has 2 rings (SSSR count). The third kappa shape index (κ3) is 4.05. The summed E-state index contributed by atoms with van der Waals surface area (Å²) in [6.45, 7) is 3.27. The third-order valence-electron chi connectivity index (χ3n) is 2.63. The van der Waals surface area contributed by atoms with Gasteiger partial charge in [0.2, 0.25) is 5.91 Å². The van der Waals surface area contributed by atoms with E-state index in [0.29, 0.717) is 15.9 Å². The van der Waals surface area contributed by atoms with E-state index in [4.69, 9.17) is 11.6 Å². The van der Waals surface area contributed by atoms with E-state index < -0.39 is 5.25 Å². The molecular formula is C13H13ClN4O2S. The molecule has 0 fully saturated rings. The average molecular weight is 325 g/mol. The number of aryl methyl sites for hydroxylation is 1. The molecule has 0 saturated heterocycles. The lowest BCUT2D eigenvalue weighted by Crippen LogP contribution is -2.24. The molecule has 1 aromatic carbocycles. The number of carbonyl (C=O) groups excluding carboxylic acids is 1. The summed E-state index contributed by atoms with van der Waals surface area (Å²) in [5, 5.41) is 10.6. The Balaban J connectivity index is 2.04. The minimum Gasteiger partial charge on any atom is -0.324 e. The smallest absolute Gasteiger partial charge is 0.273 e. The largest absolute Gasteiger partial charge is 0.324 e. The number of hydrogen-bond acceptors (Lipinski definition) is 5. The second-order valence-corrected chi connectivity index (χ2v) is 6.01. The Hall–Kier alpha value is -1.86. The van der Waals surface area contributed by atoms with E-state index in [0.717, 1.165) is 11.8 Å². The van der Waals surface area contributed by atoms with E-state index >= 15 is 0 Å². The zero-order valence-electron chi connectivity index (χ0n) is 11.4. The van der Waals surface area contributed by atoms with Gasteiger partial charge in [0.05, 0.1) is 16.0 Å². The van der Waals surface area contributed by atoms with Crippen LogP contribution in [0.25, 0.3) is 0 Å². The van der Waals surface area contributed by atoms with Crippen molar-refractivity contribution in [3.05, 3.63) is 45.3 Å². The predicted octanol–water partition coefficient (Wildman–Crippen LogP) is 2.25. The highest BCUT2D eigenvalue weighted by Crippen LogP contribution is 2.23. The Morgan fingerprint density at radius 2 is 2.10 bits per heavy atom. The van der Waals surface area contributed by atoms with Crippen LogP contribution in [-0.4, -0.2) is 26.3 Å². The van der Waals surface area contributed by atoms with Crippen molar-refractivity contribution in [2.75, 3.05) is 5.32 Å². The Morgan fingerprint density at radius 3 is 2.76 bits per heavy atom. The first-order valence-electron chi connectivity index (χ1n) is 6.13. The van der Waals surface area contributed by atoms with Gasteiger partial charge in [0.15, 0.2) is 5.16 Å². The van der Waals surface area contributed by atoms with Crippen molar-refractivity contribution in [2.45, 2.75) is 24.3 Å². The maximum atomic E-state index is 12.1. The molecule has 0 aliphatic heterocycles. The molecule has 0 spiro atoms. The van der Waals surface area contributed by atoms with Gasteiger partial charge in [-0.1, -0.05) is 35.5 Å². The minimum absolute atomic E-state index is 0.240. The summed E-state index contributed by atoms with van der Waals surface area (Å²) in [6, 6.07) is 6.97. The van der Waals surface area contributed by atoms with Crippen LogP contribution < -0.4 is 10.9 Å². The predicted molar refractivity (Wildman–Crippen MR) is 82.8 cm³/mol. The zero-order valence-corrected chi connectivity index (χ0v) is 13.0. The van der Waals surface area contributed by atoms with Gasteiger partial charge in [0, 0.05) is 0 Å². The Kier molecular flexibility index (Phi) is 4.98. The summed E-state index contributed by atoms with van der Waals surface area (Å²) in [7, 11) is 0. The van der Waals surface area contributed by atoms with Crippen molar-refractivity contribution in [2.24, 2.45) is 0 Å². The fourth-order valence-electron chi connectivity index (χ4n) is 1.45. The molecular weight excluding hydrogens is 312 g/mol. The number of thioether (sulfide) groups is 1. The summed E-state index contributed by atoms with van der Waals surface area (Å²) < 4.78 is 0. The average Bonchev–Trinajstić information content (AvgIpc) is 2.45. The molecule has 0 unspecified atom stereocenters. The van der Waals surface area contributed by atoms with E-state index in [1.165, 1.54) is 0 Å². The molecule has 2 aromatic rings. The maximum Gasteiger partial charge on any atom is 0.273 e. The SMILES string of the molecule is Cc1nnc(S[C@H](C)C(=O)Nc2ccccc2Cl)[nH]c1=O. The number of benzene rings is 1. The molecule has 1 amide bonds. The van der Waals surface area contributed by atoms with Crippen LogP contribution in [0.4, 0.5) is 5.69 Å². The number of rotatable bonds is 4. The van der Waals surface area contributed by atoms with Crippen molar-refractivity contribution < 1.29 is 4.79 Å². The maximum absolute atomic E-state index is 12.1. The second-order valence-electron chi connectivity index (χ2n) is 4.27. The monoisotopic (exact) mass is 324 g/mol. The van der Waals surface area contributed by atoms with Crippen molar-refractivity contribution in [3.63, 3.8) is 0 Å². The summed E-state index contributed by atoms with van der Waals surface area (Å²) in [4.78, 5) is 26.1. The summed E-state index contributed by atoms with van der Waals surface area (Å²) in [5.41, 5.74) is 0.513. The molecule has 0 saturated carbocycles. The van der Waals surface area contributed by atoms with Gasteiger partial charge in [-0.3, -0.25) is 14.6 Å². The van der Waals surface area contributed by atoms with Crippen molar-refractivity contribution in [3.8, 4) is 0 Å². The summed E-state index contributed by atoms with van der Waals surface area (Å²) >= 11 is 7.10. The second kappa shape index (κ2) is 6.73. The molecule has 0 bridgehead atoms. The zero-order chi connectivity index (χ0) is 15.4. The van der Waals surface area contributed by atoms with Crippen LogP contribution in [0.15, 0.2) is 34.2 Å². The topological polar surface area (TPSA) is 87.7 Å². The summed E-state index contributed by atoms with van der Waals surface area (Å²) in [5.74, 6) is -0.240. The first-order valence-corrected chi connectivity index (χ1v) is 7.39. The van der Waals surface area contributed by atoms with Crippen LogP contribution in [0, 0.1) is 6.92 Å². The van der Waals surface area contributed by atoms with Crippen LogP contribution >= 0.6 is 23.4 Å². The molecule has 6 nitrogen and oxygen atoms in total. The molecule has 21 heavy (non-hydrogen) atoms. The number of hydrogen-bond donors (Lipinski definition) is 2. The molecule has 0 aliphatic rings. The number of nitrogens with zero attached hydrogens (tertiary/aromatic N) is 2. The lowest BCUT2D eigenvalue weighted by molar-refractivity contribution is -0.115.